The summed E-state index contributed by atoms with van der Waals surface area (Å²) in [6.45, 7) is -0.727. The molecule has 0 spiro atoms. The lowest BCUT2D eigenvalue weighted by Gasteiger charge is -2.09. The summed E-state index contributed by atoms with van der Waals surface area (Å²) in [4.78, 5) is 38.6. The lowest BCUT2D eigenvalue weighted by molar-refractivity contribution is -0.125. The van der Waals surface area contributed by atoms with Crippen LogP contribution >= 0.6 is 34.8 Å². The molecule has 0 aliphatic carbocycles. The maximum atomic E-state index is 11.9. The molecule has 2 amide bonds. The van der Waals surface area contributed by atoms with E-state index >= 15 is 0 Å². The van der Waals surface area contributed by atoms with E-state index in [4.69, 9.17) is 49.7 Å². The van der Waals surface area contributed by atoms with Crippen molar-refractivity contribution in [2.45, 2.75) is 0 Å². The number of hydrazine groups is 1. The molecular weight excluding hydrogens is 399 g/mol. The smallest absolute Gasteiger partial charge is 0.359 e. The molecule has 2 aromatic heterocycles. The number of rotatable bonds is 4. The number of carbonyl (C=O) groups excluding carboxylic acids is 3. The first-order valence-electron chi connectivity index (χ1n) is 6.41. The molecule has 0 saturated carbocycles. The number of carbonyl (C=O) groups is 3. The van der Waals surface area contributed by atoms with Crippen LogP contribution in [0.25, 0.3) is 0 Å². The quantitative estimate of drug-likeness (QED) is 0.399. The van der Waals surface area contributed by atoms with Gasteiger partial charge in [-0.15, -0.1) is 0 Å². The molecule has 2 aromatic rings. The molecule has 0 aliphatic rings. The normalized spacial score (nSPS) is 10.2. The highest BCUT2D eigenvalue weighted by Crippen LogP contribution is 2.34. The van der Waals surface area contributed by atoms with E-state index in [2.05, 4.69) is 10.4 Å². The van der Waals surface area contributed by atoms with Crippen LogP contribution in [0, 0.1) is 0 Å². The number of esters is 1. The number of hydrogen-bond acceptors (Lipinski definition) is 7. The Morgan fingerprint density at radius 3 is 2.56 bits per heavy atom. The number of anilines is 1. The van der Waals surface area contributed by atoms with E-state index in [1.807, 2.05) is 5.43 Å². The molecule has 4 N–H and O–H groups in total. The van der Waals surface area contributed by atoms with Gasteiger partial charge < -0.3 is 14.9 Å². The highest BCUT2D eigenvalue weighted by atomic mass is 35.5. The van der Waals surface area contributed by atoms with Gasteiger partial charge in [0, 0.05) is 0 Å². The zero-order valence-electron chi connectivity index (χ0n) is 12.1. The van der Waals surface area contributed by atoms with E-state index < -0.39 is 30.1 Å². The highest BCUT2D eigenvalue weighted by Gasteiger charge is 2.21. The average Bonchev–Trinajstić information content (AvgIpc) is 3.13. The van der Waals surface area contributed by atoms with Gasteiger partial charge in [-0.3, -0.25) is 20.4 Å². The molecule has 0 atom stereocenters. The standard InChI is InChI=1S/C13H9Cl3N4O5/c14-7-9(17)8(15)11(16)18-10(7)13(23)25-4-6(21)19-20-12(22)5-2-1-3-24-5/h1-3H,4H2,(H2,17,18)(H,19,21)(H,20,22). The summed E-state index contributed by atoms with van der Waals surface area (Å²) in [6.07, 6.45) is 1.29. The lowest BCUT2D eigenvalue weighted by atomic mass is 10.3. The van der Waals surface area contributed by atoms with Crippen LogP contribution in [0.2, 0.25) is 15.2 Å². The van der Waals surface area contributed by atoms with Crippen LogP contribution < -0.4 is 16.6 Å². The van der Waals surface area contributed by atoms with Crippen molar-refractivity contribution in [1.82, 2.24) is 15.8 Å². The molecule has 0 radical (unpaired) electrons. The monoisotopic (exact) mass is 406 g/mol. The van der Waals surface area contributed by atoms with Crippen LogP contribution in [0.3, 0.4) is 0 Å². The summed E-state index contributed by atoms with van der Waals surface area (Å²) in [5.41, 5.74) is 9.11. The number of hydrogen-bond donors (Lipinski definition) is 3. The van der Waals surface area contributed by atoms with Crippen molar-refractivity contribution < 1.29 is 23.5 Å². The van der Waals surface area contributed by atoms with Crippen LogP contribution in [-0.4, -0.2) is 29.4 Å². The number of furan rings is 1. The molecule has 25 heavy (non-hydrogen) atoms. The second-order valence-electron chi connectivity index (χ2n) is 4.35. The topological polar surface area (TPSA) is 137 Å². The Kier molecular flexibility index (Phi) is 6.07. The zero-order valence-corrected chi connectivity index (χ0v) is 14.4. The van der Waals surface area contributed by atoms with Gasteiger partial charge in [0.2, 0.25) is 0 Å². The van der Waals surface area contributed by atoms with Gasteiger partial charge in [-0.2, -0.15) is 0 Å². The minimum Gasteiger partial charge on any atom is -0.459 e. The maximum Gasteiger partial charge on any atom is 0.359 e. The van der Waals surface area contributed by atoms with Crippen molar-refractivity contribution in [3.05, 3.63) is 45.0 Å². The summed E-state index contributed by atoms with van der Waals surface area (Å²) >= 11 is 17.3. The Labute approximate surface area is 155 Å². The molecule has 12 heteroatoms. The maximum absolute atomic E-state index is 11.9. The highest BCUT2D eigenvalue weighted by molar-refractivity contribution is 6.46. The van der Waals surface area contributed by atoms with Gasteiger partial charge in [-0.05, 0) is 12.1 Å². The van der Waals surface area contributed by atoms with E-state index in [0.717, 1.165) is 0 Å². The minimum atomic E-state index is -1.05. The number of halogens is 3. The van der Waals surface area contributed by atoms with Gasteiger partial charge >= 0.3 is 11.9 Å². The molecule has 0 unspecified atom stereocenters. The molecule has 0 aromatic carbocycles. The fourth-order valence-corrected chi connectivity index (χ4v) is 2.08. The van der Waals surface area contributed by atoms with Crippen molar-refractivity contribution in [2.75, 3.05) is 12.3 Å². The van der Waals surface area contributed by atoms with Crippen molar-refractivity contribution in [3.8, 4) is 0 Å². The Morgan fingerprint density at radius 2 is 1.92 bits per heavy atom. The zero-order chi connectivity index (χ0) is 18.6. The van der Waals surface area contributed by atoms with E-state index in [9.17, 15) is 14.4 Å². The van der Waals surface area contributed by atoms with E-state index in [1.165, 1.54) is 18.4 Å². The molecule has 9 nitrogen and oxygen atoms in total. The summed E-state index contributed by atoms with van der Waals surface area (Å²) in [5, 5.41) is -0.613. The number of nitrogen functional groups attached to an aromatic ring is 1. The van der Waals surface area contributed by atoms with E-state index in [-0.39, 0.29) is 26.6 Å². The first-order valence-corrected chi connectivity index (χ1v) is 7.54. The number of amides is 2. The van der Waals surface area contributed by atoms with Gasteiger partial charge in [0.05, 0.1) is 17.0 Å². The Morgan fingerprint density at radius 1 is 1.20 bits per heavy atom. The molecule has 0 fully saturated rings. The largest absolute Gasteiger partial charge is 0.459 e. The number of nitrogens with one attached hydrogen (secondary N) is 2. The number of pyridine rings is 1. The minimum absolute atomic E-state index is 0.0143. The summed E-state index contributed by atoms with van der Waals surface area (Å²) in [5.74, 6) is -2.58. The second kappa shape index (κ2) is 8.06. The number of ether oxygens (including phenoxy) is 1. The van der Waals surface area contributed by atoms with Gasteiger partial charge in [0.1, 0.15) is 5.02 Å². The van der Waals surface area contributed by atoms with Gasteiger partial charge in [0.25, 0.3) is 5.91 Å². The first kappa shape index (κ1) is 18.8. The van der Waals surface area contributed by atoms with Crippen LogP contribution in [0.4, 0.5) is 5.69 Å². The van der Waals surface area contributed by atoms with Gasteiger partial charge in [-0.25, -0.2) is 9.78 Å². The summed E-state index contributed by atoms with van der Waals surface area (Å²) in [7, 11) is 0. The molecule has 2 heterocycles. The Balaban J connectivity index is 1.90. The van der Waals surface area contributed by atoms with Gasteiger partial charge in [-0.1, -0.05) is 34.8 Å². The molecule has 0 bridgehead atoms. The predicted molar refractivity (Wildman–Crippen MR) is 88.3 cm³/mol. The number of aromatic nitrogens is 1. The Hall–Kier alpha value is -2.49. The predicted octanol–water partition coefficient (Wildman–Crippen LogP) is 1.83. The third kappa shape index (κ3) is 4.53. The Bertz CT molecular complexity index is 826. The SMILES string of the molecule is Nc1c(Cl)c(Cl)nc(C(=O)OCC(=O)NNC(=O)c2ccco2)c1Cl. The van der Waals surface area contributed by atoms with Crippen molar-refractivity contribution >= 4 is 58.3 Å². The molecule has 0 aliphatic heterocycles. The van der Waals surface area contributed by atoms with Crippen LogP contribution in [0.15, 0.2) is 22.8 Å². The fourth-order valence-electron chi connectivity index (χ4n) is 1.50. The third-order valence-corrected chi connectivity index (χ3v) is 3.80. The first-order chi connectivity index (χ1) is 11.8. The lowest BCUT2D eigenvalue weighted by Crippen LogP contribution is -2.43. The summed E-state index contributed by atoms with van der Waals surface area (Å²) in [6, 6.07) is 2.89. The van der Waals surface area contributed by atoms with Gasteiger partial charge in [0.15, 0.2) is 23.2 Å². The van der Waals surface area contributed by atoms with Crippen LogP contribution in [0.5, 0.6) is 0 Å². The third-order valence-electron chi connectivity index (χ3n) is 2.66. The van der Waals surface area contributed by atoms with Crippen molar-refractivity contribution in [1.29, 1.82) is 0 Å². The van der Waals surface area contributed by atoms with Crippen molar-refractivity contribution in [2.24, 2.45) is 0 Å². The number of nitrogens with two attached hydrogens (primary N) is 1. The molecule has 132 valence electrons. The second-order valence-corrected chi connectivity index (χ2v) is 5.46. The summed E-state index contributed by atoms with van der Waals surface area (Å²) < 4.78 is 9.54. The van der Waals surface area contributed by atoms with Crippen LogP contribution in [-0.2, 0) is 9.53 Å². The molecular formula is C13H9Cl3N4O5. The van der Waals surface area contributed by atoms with E-state index in [0.29, 0.717) is 0 Å². The van der Waals surface area contributed by atoms with Crippen LogP contribution in [0.1, 0.15) is 21.0 Å². The molecule has 2 rings (SSSR count). The fraction of sp³-hybridized carbons (Fsp3) is 0.0769. The van der Waals surface area contributed by atoms with E-state index in [1.54, 1.807) is 0 Å². The van der Waals surface area contributed by atoms with Crippen molar-refractivity contribution in [3.63, 3.8) is 0 Å². The average molecular weight is 408 g/mol. The number of nitrogens with zero attached hydrogens (tertiary/aromatic N) is 1. The molecule has 0 saturated heterocycles.